The van der Waals surface area contributed by atoms with Crippen molar-refractivity contribution >= 4 is 28.6 Å². The summed E-state index contributed by atoms with van der Waals surface area (Å²) in [5, 5.41) is 7.21. The first-order chi connectivity index (χ1) is 13.2. The summed E-state index contributed by atoms with van der Waals surface area (Å²) in [4.78, 5) is 17.0. The molecule has 28 heavy (non-hydrogen) atoms. The Morgan fingerprint density at radius 1 is 1.29 bits per heavy atom. The van der Waals surface area contributed by atoms with Crippen LogP contribution in [0.4, 0.5) is 13.2 Å². The Labute approximate surface area is 162 Å². The molecule has 148 valence electrons. The highest BCUT2D eigenvalue weighted by atomic mass is 32.2. The van der Waals surface area contributed by atoms with Gasteiger partial charge in [-0.3, -0.25) is 4.98 Å². The number of nitrogens with two attached hydrogens (primary N) is 1. The zero-order valence-electron chi connectivity index (χ0n) is 14.9. The second kappa shape index (κ2) is 7.66. The molecule has 2 aromatic heterocycles. The van der Waals surface area contributed by atoms with Gasteiger partial charge in [-0.1, -0.05) is 30.0 Å². The van der Waals surface area contributed by atoms with E-state index in [2.05, 4.69) is 15.2 Å². The van der Waals surface area contributed by atoms with Crippen molar-refractivity contribution in [1.82, 2.24) is 19.9 Å². The number of halogens is 3. The van der Waals surface area contributed by atoms with E-state index in [0.717, 1.165) is 17.1 Å². The molecule has 7 nitrogen and oxygen atoms in total. The molecule has 0 unspecified atom stereocenters. The number of aryl methyl sites for hydroxylation is 1. The lowest BCUT2D eigenvalue weighted by molar-refractivity contribution is -0.146. The van der Waals surface area contributed by atoms with E-state index >= 15 is 0 Å². The van der Waals surface area contributed by atoms with E-state index < -0.39 is 18.0 Å². The summed E-state index contributed by atoms with van der Waals surface area (Å²) in [5.74, 6) is 3.68. The molecular formula is C17H16F3N5O2S. The second-order valence-corrected chi connectivity index (χ2v) is 6.70. The summed E-state index contributed by atoms with van der Waals surface area (Å²) in [5.41, 5.74) is 2.00. The van der Waals surface area contributed by atoms with E-state index in [0.29, 0.717) is 21.5 Å². The molecule has 2 heterocycles. The second-order valence-electron chi connectivity index (χ2n) is 5.76. The highest BCUT2D eigenvalue weighted by molar-refractivity contribution is 7.98. The Kier molecular flexibility index (Phi) is 5.45. The molecule has 3 rings (SSSR count). The lowest BCUT2D eigenvalue weighted by Crippen LogP contribution is -2.21. The molecule has 11 heteroatoms. The van der Waals surface area contributed by atoms with E-state index in [4.69, 9.17) is 10.6 Å². The number of hydrogen-bond acceptors (Lipinski definition) is 7. The summed E-state index contributed by atoms with van der Waals surface area (Å²) in [7, 11) is 0. The standard InChI is InChI=1S/C17H16F3N5O2S/c1-3-27-14(26)13-9(2)10-6-4-5-7-11(10)22-12(13)8-28-16-24-23-15(25(16)21)17(18,19)20/h4-7H,3,8,21H2,1-2H3. The van der Waals surface area contributed by atoms with Crippen LogP contribution in [0.15, 0.2) is 29.4 Å². The number of nitrogens with zero attached hydrogens (tertiary/aromatic N) is 4. The average molecular weight is 411 g/mol. The van der Waals surface area contributed by atoms with Crippen molar-refractivity contribution in [2.24, 2.45) is 0 Å². The number of esters is 1. The normalized spacial score (nSPS) is 11.8. The van der Waals surface area contributed by atoms with Gasteiger partial charge in [-0.15, -0.1) is 10.2 Å². The molecule has 0 spiro atoms. The van der Waals surface area contributed by atoms with Gasteiger partial charge in [0.15, 0.2) is 0 Å². The van der Waals surface area contributed by atoms with Crippen molar-refractivity contribution in [3.05, 3.63) is 46.9 Å². The van der Waals surface area contributed by atoms with Crippen LogP contribution in [0.5, 0.6) is 0 Å². The molecule has 0 aliphatic rings. The van der Waals surface area contributed by atoms with Crippen LogP contribution in [0, 0.1) is 6.92 Å². The summed E-state index contributed by atoms with van der Waals surface area (Å²) in [6.07, 6.45) is -4.71. The van der Waals surface area contributed by atoms with Gasteiger partial charge in [0.25, 0.3) is 5.82 Å². The van der Waals surface area contributed by atoms with Crippen molar-refractivity contribution in [1.29, 1.82) is 0 Å². The molecule has 0 atom stereocenters. The molecule has 0 saturated heterocycles. The minimum atomic E-state index is -4.71. The van der Waals surface area contributed by atoms with Crippen LogP contribution >= 0.6 is 11.8 Å². The van der Waals surface area contributed by atoms with E-state index in [9.17, 15) is 18.0 Å². The highest BCUT2D eigenvalue weighted by Crippen LogP contribution is 2.31. The lowest BCUT2D eigenvalue weighted by Gasteiger charge is -2.13. The molecule has 0 aliphatic carbocycles. The number of pyridine rings is 1. The van der Waals surface area contributed by atoms with Crippen molar-refractivity contribution in [3.8, 4) is 0 Å². The fourth-order valence-electron chi connectivity index (χ4n) is 2.72. The van der Waals surface area contributed by atoms with E-state index in [-0.39, 0.29) is 23.1 Å². The van der Waals surface area contributed by atoms with E-state index in [1.54, 1.807) is 19.9 Å². The number of carbonyl (C=O) groups is 1. The molecule has 2 N–H and O–H groups in total. The number of alkyl halides is 3. The number of rotatable bonds is 5. The predicted molar refractivity (Wildman–Crippen MR) is 97.2 cm³/mol. The molecule has 0 saturated carbocycles. The maximum atomic E-state index is 12.8. The van der Waals surface area contributed by atoms with Gasteiger partial charge in [0, 0.05) is 11.1 Å². The fraction of sp³-hybridized carbons (Fsp3) is 0.294. The highest BCUT2D eigenvalue weighted by Gasteiger charge is 2.38. The quantitative estimate of drug-likeness (QED) is 0.391. The van der Waals surface area contributed by atoms with Gasteiger partial charge in [0.05, 0.1) is 23.4 Å². The third-order valence-corrected chi connectivity index (χ3v) is 4.92. The smallest absolute Gasteiger partial charge is 0.453 e. The van der Waals surface area contributed by atoms with Gasteiger partial charge in [-0.05, 0) is 25.5 Å². The zero-order valence-corrected chi connectivity index (χ0v) is 15.8. The number of ether oxygens (including phenoxy) is 1. The van der Waals surface area contributed by atoms with Crippen molar-refractivity contribution in [3.63, 3.8) is 0 Å². The molecule has 0 bridgehead atoms. The molecule has 1 aromatic carbocycles. The molecule has 0 radical (unpaired) electrons. The summed E-state index contributed by atoms with van der Waals surface area (Å²) >= 11 is 0.898. The first-order valence-corrected chi connectivity index (χ1v) is 9.18. The number of carbonyl (C=O) groups excluding carboxylic acids is 1. The number of nitrogen functional groups attached to an aromatic ring is 1. The van der Waals surface area contributed by atoms with Gasteiger partial charge >= 0.3 is 12.1 Å². The third-order valence-electron chi connectivity index (χ3n) is 3.96. The Balaban J connectivity index is 1.99. The van der Waals surface area contributed by atoms with Crippen molar-refractivity contribution in [2.75, 3.05) is 12.4 Å². The molecule has 0 fully saturated rings. The van der Waals surface area contributed by atoms with Crippen molar-refractivity contribution < 1.29 is 22.7 Å². The van der Waals surface area contributed by atoms with Crippen LogP contribution in [-0.4, -0.2) is 32.4 Å². The zero-order chi connectivity index (χ0) is 20.5. The minimum absolute atomic E-state index is 0.0625. The lowest BCUT2D eigenvalue weighted by atomic mass is 10.0. The van der Waals surface area contributed by atoms with Crippen LogP contribution in [0.2, 0.25) is 0 Å². The van der Waals surface area contributed by atoms with Crippen LogP contribution in [0.1, 0.15) is 34.4 Å². The van der Waals surface area contributed by atoms with Crippen LogP contribution < -0.4 is 5.84 Å². The van der Waals surface area contributed by atoms with Gasteiger partial charge in [-0.2, -0.15) is 13.2 Å². The number of fused-ring (bicyclic) bond motifs is 1. The monoisotopic (exact) mass is 411 g/mol. The van der Waals surface area contributed by atoms with Crippen molar-refractivity contribution in [2.45, 2.75) is 30.9 Å². The largest absolute Gasteiger partial charge is 0.462 e. The minimum Gasteiger partial charge on any atom is -0.462 e. The number of hydrogen-bond donors (Lipinski definition) is 1. The summed E-state index contributed by atoms with van der Waals surface area (Å²) in [6, 6.07) is 7.26. The number of thioether (sulfide) groups is 1. The molecular weight excluding hydrogens is 395 g/mol. The van der Waals surface area contributed by atoms with Crippen LogP contribution in [0.25, 0.3) is 10.9 Å². The number of aromatic nitrogens is 4. The van der Waals surface area contributed by atoms with Gasteiger partial charge in [0.1, 0.15) is 0 Å². The number of benzene rings is 1. The van der Waals surface area contributed by atoms with E-state index in [1.807, 2.05) is 18.2 Å². The Morgan fingerprint density at radius 2 is 2.00 bits per heavy atom. The molecule has 3 aromatic rings. The summed E-state index contributed by atoms with van der Waals surface area (Å²) < 4.78 is 44.0. The maximum Gasteiger partial charge on any atom is 0.453 e. The van der Waals surface area contributed by atoms with Gasteiger partial charge < -0.3 is 10.6 Å². The Morgan fingerprint density at radius 3 is 2.64 bits per heavy atom. The third kappa shape index (κ3) is 3.75. The van der Waals surface area contributed by atoms with E-state index in [1.165, 1.54) is 0 Å². The predicted octanol–water partition coefficient (Wildman–Crippen LogP) is 3.34. The van der Waals surface area contributed by atoms with Crippen LogP contribution in [0.3, 0.4) is 0 Å². The van der Waals surface area contributed by atoms with Gasteiger partial charge in [0.2, 0.25) is 5.16 Å². The van der Waals surface area contributed by atoms with Gasteiger partial charge in [-0.25, -0.2) is 9.47 Å². The molecule has 0 aliphatic heterocycles. The maximum absolute atomic E-state index is 12.8. The first-order valence-electron chi connectivity index (χ1n) is 8.19. The Hall–Kier alpha value is -2.82. The van der Waals surface area contributed by atoms with Crippen LogP contribution in [-0.2, 0) is 16.7 Å². The molecule has 0 amide bonds. The fourth-order valence-corrected chi connectivity index (χ4v) is 3.52. The first kappa shape index (κ1) is 19.9. The SMILES string of the molecule is CCOC(=O)c1c(CSc2nnc(C(F)(F)F)n2N)nc2ccccc2c1C. The number of para-hydroxylation sites is 1. The topological polar surface area (TPSA) is 95.9 Å². The summed E-state index contributed by atoms with van der Waals surface area (Å²) in [6.45, 7) is 3.65. The Bertz CT molecular complexity index is 1040. The average Bonchev–Trinajstić information content (AvgIpc) is 3.01.